The van der Waals surface area contributed by atoms with Crippen LogP contribution in [0.3, 0.4) is 0 Å². The van der Waals surface area contributed by atoms with Crippen molar-refractivity contribution >= 4 is 21.8 Å². The van der Waals surface area contributed by atoms with Crippen molar-refractivity contribution in [1.29, 1.82) is 0 Å². The molecule has 98 valence electrons. The maximum absolute atomic E-state index is 12.0. The Labute approximate surface area is 115 Å². The van der Waals surface area contributed by atoms with E-state index in [2.05, 4.69) is 26.6 Å². The summed E-state index contributed by atoms with van der Waals surface area (Å²) in [5, 5.41) is 15.3. The second-order valence-electron chi connectivity index (χ2n) is 4.64. The van der Waals surface area contributed by atoms with Gasteiger partial charge in [-0.15, -0.1) is 0 Å². The Balaban J connectivity index is 1.95. The van der Waals surface area contributed by atoms with Crippen LogP contribution < -0.4 is 10.6 Å². The van der Waals surface area contributed by atoms with Crippen LogP contribution in [0.5, 0.6) is 0 Å². The van der Waals surface area contributed by atoms with Gasteiger partial charge in [-0.3, -0.25) is 4.79 Å². The predicted octanol–water partition coefficient (Wildman–Crippen LogP) is 1.35. The molecule has 1 aromatic rings. The molecule has 2 rings (SSSR count). The summed E-state index contributed by atoms with van der Waals surface area (Å²) in [5.41, 5.74) is 1.05. The molecule has 1 fully saturated rings. The van der Waals surface area contributed by atoms with Crippen LogP contribution in [0.1, 0.15) is 24.9 Å². The molecule has 1 aliphatic rings. The van der Waals surface area contributed by atoms with Gasteiger partial charge in [-0.2, -0.15) is 0 Å². The molecular weight excluding hydrogens is 296 g/mol. The van der Waals surface area contributed by atoms with Gasteiger partial charge in [0, 0.05) is 11.0 Å². The fourth-order valence-electron chi connectivity index (χ4n) is 2.09. The van der Waals surface area contributed by atoms with Gasteiger partial charge >= 0.3 is 0 Å². The number of hydrogen-bond donors (Lipinski definition) is 3. The highest BCUT2D eigenvalue weighted by molar-refractivity contribution is 9.10. The van der Waals surface area contributed by atoms with Crippen molar-refractivity contribution in [3.8, 4) is 0 Å². The highest BCUT2D eigenvalue weighted by atomic mass is 79.9. The van der Waals surface area contributed by atoms with Crippen LogP contribution in [0.4, 0.5) is 0 Å². The zero-order valence-electron chi connectivity index (χ0n) is 10.2. The predicted molar refractivity (Wildman–Crippen MR) is 73.1 cm³/mol. The van der Waals surface area contributed by atoms with E-state index in [1.807, 2.05) is 31.2 Å². The van der Waals surface area contributed by atoms with E-state index in [1.54, 1.807) is 0 Å². The Hall–Kier alpha value is -0.910. The van der Waals surface area contributed by atoms with Crippen molar-refractivity contribution < 1.29 is 9.90 Å². The number of aliphatic hydroxyl groups excluding tert-OH is 1. The lowest BCUT2D eigenvalue weighted by Gasteiger charge is -2.17. The van der Waals surface area contributed by atoms with E-state index in [-0.39, 0.29) is 18.0 Å². The molecule has 0 bridgehead atoms. The van der Waals surface area contributed by atoms with Gasteiger partial charge in [-0.25, -0.2) is 0 Å². The number of β-amino-alcohol motifs (C(OH)–C–C–N with tert-alkyl or cyclic N) is 1. The first-order valence-electron chi connectivity index (χ1n) is 6.03. The number of benzene rings is 1. The van der Waals surface area contributed by atoms with E-state index in [0.717, 1.165) is 10.0 Å². The molecule has 1 heterocycles. The standard InChI is InChI=1S/C13H17BrN2O2/c1-8(9-3-2-4-10(14)5-9)16-13(18)12-6-11(17)7-15-12/h2-5,8,11-12,15,17H,6-7H2,1H3,(H,16,18)/t8-,11?,12?/m1/s1. The third kappa shape index (κ3) is 3.31. The minimum atomic E-state index is -0.415. The molecule has 1 aromatic carbocycles. The van der Waals surface area contributed by atoms with Gasteiger partial charge in [0.15, 0.2) is 0 Å². The zero-order valence-corrected chi connectivity index (χ0v) is 11.8. The van der Waals surface area contributed by atoms with Gasteiger partial charge in [0.1, 0.15) is 0 Å². The largest absolute Gasteiger partial charge is 0.392 e. The van der Waals surface area contributed by atoms with Gasteiger partial charge < -0.3 is 15.7 Å². The normalized spacial score (nSPS) is 24.8. The van der Waals surface area contributed by atoms with Crippen LogP contribution in [-0.4, -0.2) is 29.7 Å². The highest BCUT2D eigenvalue weighted by Gasteiger charge is 2.28. The summed E-state index contributed by atoms with van der Waals surface area (Å²) in [4.78, 5) is 12.0. The molecule has 1 aliphatic heterocycles. The van der Waals surface area contributed by atoms with Gasteiger partial charge in [-0.1, -0.05) is 28.1 Å². The third-order valence-corrected chi connectivity index (χ3v) is 3.62. The van der Waals surface area contributed by atoms with Crippen LogP contribution in [0.25, 0.3) is 0 Å². The summed E-state index contributed by atoms with van der Waals surface area (Å²) >= 11 is 3.41. The van der Waals surface area contributed by atoms with Crippen LogP contribution in [-0.2, 0) is 4.79 Å². The molecule has 1 saturated heterocycles. The van der Waals surface area contributed by atoms with Crippen LogP contribution in [0.15, 0.2) is 28.7 Å². The molecule has 1 amide bonds. The molecular formula is C13H17BrN2O2. The minimum Gasteiger partial charge on any atom is -0.392 e. The number of carbonyl (C=O) groups is 1. The molecule has 5 heteroatoms. The number of nitrogens with one attached hydrogen (secondary N) is 2. The van der Waals surface area contributed by atoms with Crippen LogP contribution in [0, 0.1) is 0 Å². The van der Waals surface area contributed by atoms with Crippen molar-refractivity contribution in [3.05, 3.63) is 34.3 Å². The van der Waals surface area contributed by atoms with E-state index >= 15 is 0 Å². The second kappa shape index (κ2) is 5.82. The molecule has 2 unspecified atom stereocenters. The van der Waals surface area contributed by atoms with Gasteiger partial charge in [-0.05, 0) is 31.0 Å². The zero-order chi connectivity index (χ0) is 13.1. The highest BCUT2D eigenvalue weighted by Crippen LogP contribution is 2.18. The molecule has 3 atom stereocenters. The summed E-state index contributed by atoms with van der Waals surface area (Å²) in [5.74, 6) is -0.0565. The Kier molecular flexibility index (Phi) is 4.37. The van der Waals surface area contributed by atoms with E-state index in [9.17, 15) is 9.90 Å². The average molecular weight is 313 g/mol. The van der Waals surface area contributed by atoms with E-state index in [0.29, 0.717) is 13.0 Å². The topological polar surface area (TPSA) is 61.4 Å². The summed E-state index contributed by atoms with van der Waals surface area (Å²) in [6.45, 7) is 2.44. The smallest absolute Gasteiger partial charge is 0.237 e. The van der Waals surface area contributed by atoms with Crippen LogP contribution >= 0.6 is 15.9 Å². The molecule has 0 aliphatic carbocycles. The SMILES string of the molecule is C[C@@H](NC(=O)C1CC(O)CN1)c1cccc(Br)c1. The number of aliphatic hydroxyl groups is 1. The lowest BCUT2D eigenvalue weighted by molar-refractivity contribution is -0.123. The Morgan fingerprint density at radius 3 is 3.00 bits per heavy atom. The van der Waals surface area contributed by atoms with E-state index in [1.165, 1.54) is 0 Å². The number of hydrogen-bond acceptors (Lipinski definition) is 3. The molecule has 0 saturated carbocycles. The first-order valence-corrected chi connectivity index (χ1v) is 6.83. The second-order valence-corrected chi connectivity index (χ2v) is 5.55. The molecule has 18 heavy (non-hydrogen) atoms. The van der Waals surface area contributed by atoms with Crippen molar-refractivity contribution in [3.63, 3.8) is 0 Å². The summed E-state index contributed by atoms with van der Waals surface area (Å²) in [7, 11) is 0. The van der Waals surface area contributed by atoms with Crippen molar-refractivity contribution in [2.24, 2.45) is 0 Å². The van der Waals surface area contributed by atoms with Crippen molar-refractivity contribution in [1.82, 2.24) is 10.6 Å². The van der Waals surface area contributed by atoms with Crippen molar-refractivity contribution in [2.75, 3.05) is 6.54 Å². The van der Waals surface area contributed by atoms with E-state index in [4.69, 9.17) is 0 Å². The maximum Gasteiger partial charge on any atom is 0.237 e. The lowest BCUT2D eigenvalue weighted by Crippen LogP contribution is -2.41. The number of amides is 1. The van der Waals surface area contributed by atoms with Gasteiger partial charge in [0.2, 0.25) is 5.91 Å². The average Bonchev–Trinajstić information content (AvgIpc) is 2.76. The fourth-order valence-corrected chi connectivity index (χ4v) is 2.51. The maximum atomic E-state index is 12.0. The quantitative estimate of drug-likeness (QED) is 0.789. The van der Waals surface area contributed by atoms with Crippen LogP contribution in [0.2, 0.25) is 0 Å². The molecule has 3 N–H and O–H groups in total. The molecule has 4 nitrogen and oxygen atoms in total. The van der Waals surface area contributed by atoms with Gasteiger partial charge in [0.25, 0.3) is 0 Å². The molecule has 0 radical (unpaired) electrons. The molecule has 0 aromatic heterocycles. The summed E-state index contributed by atoms with van der Waals surface area (Å²) in [6, 6.07) is 7.53. The van der Waals surface area contributed by atoms with Crippen molar-refractivity contribution in [2.45, 2.75) is 31.5 Å². The van der Waals surface area contributed by atoms with Gasteiger partial charge in [0.05, 0.1) is 18.2 Å². The van der Waals surface area contributed by atoms with E-state index < -0.39 is 6.10 Å². The Morgan fingerprint density at radius 2 is 2.39 bits per heavy atom. The lowest BCUT2D eigenvalue weighted by atomic mass is 10.1. The third-order valence-electron chi connectivity index (χ3n) is 3.13. The Bertz CT molecular complexity index is 439. The minimum absolute atomic E-state index is 0.0467. The Morgan fingerprint density at radius 1 is 1.61 bits per heavy atom. The summed E-state index contributed by atoms with van der Waals surface area (Å²) < 4.78 is 0.996. The first kappa shape index (κ1) is 13.5. The first-order chi connectivity index (χ1) is 8.56. The monoisotopic (exact) mass is 312 g/mol. The molecule has 0 spiro atoms. The number of rotatable bonds is 3. The summed E-state index contributed by atoms with van der Waals surface area (Å²) in [6.07, 6.45) is 0.0683. The number of carbonyl (C=O) groups excluding carboxylic acids is 1. The fraction of sp³-hybridized carbons (Fsp3) is 0.462. The number of halogens is 1.